The summed E-state index contributed by atoms with van der Waals surface area (Å²) in [5.74, 6) is 0.999. The Labute approximate surface area is 152 Å². The molecular formula is C18H25N7O. The van der Waals surface area contributed by atoms with Crippen LogP contribution < -0.4 is 5.32 Å². The van der Waals surface area contributed by atoms with Gasteiger partial charge in [-0.05, 0) is 32.3 Å². The van der Waals surface area contributed by atoms with Crippen molar-refractivity contribution in [2.45, 2.75) is 40.2 Å². The topological polar surface area (TPSA) is 90.5 Å². The van der Waals surface area contributed by atoms with E-state index in [0.29, 0.717) is 17.1 Å². The van der Waals surface area contributed by atoms with E-state index in [1.807, 2.05) is 34.0 Å². The molecule has 26 heavy (non-hydrogen) atoms. The number of nitrogens with zero attached hydrogens (tertiary/aromatic N) is 6. The Bertz CT molecular complexity index is 954. The van der Waals surface area contributed by atoms with Crippen LogP contribution in [0.1, 0.15) is 53.9 Å². The summed E-state index contributed by atoms with van der Waals surface area (Å²) in [7, 11) is 3.67. The maximum atomic E-state index is 13.1. The van der Waals surface area contributed by atoms with E-state index in [1.165, 1.54) is 6.33 Å². The van der Waals surface area contributed by atoms with Gasteiger partial charge in [0.15, 0.2) is 5.65 Å². The maximum absolute atomic E-state index is 13.1. The predicted octanol–water partition coefficient (Wildman–Crippen LogP) is 2.23. The summed E-state index contributed by atoms with van der Waals surface area (Å²) in [4.78, 5) is 22.0. The van der Waals surface area contributed by atoms with Crippen molar-refractivity contribution in [3.63, 3.8) is 0 Å². The van der Waals surface area contributed by atoms with Crippen molar-refractivity contribution in [3.8, 4) is 0 Å². The highest BCUT2D eigenvalue weighted by molar-refractivity contribution is 6.06. The van der Waals surface area contributed by atoms with Crippen LogP contribution in [0, 0.1) is 19.8 Å². The van der Waals surface area contributed by atoms with Crippen molar-refractivity contribution in [1.82, 2.24) is 34.8 Å². The van der Waals surface area contributed by atoms with Crippen LogP contribution in [0.15, 0.2) is 12.4 Å². The highest BCUT2D eigenvalue weighted by Crippen LogP contribution is 2.24. The molecule has 1 amide bonds. The Morgan fingerprint density at radius 2 is 1.96 bits per heavy atom. The van der Waals surface area contributed by atoms with E-state index in [1.54, 1.807) is 9.36 Å². The fourth-order valence-corrected chi connectivity index (χ4v) is 3.31. The first-order chi connectivity index (χ1) is 12.3. The lowest BCUT2D eigenvalue weighted by atomic mass is 10.0. The third-order valence-electron chi connectivity index (χ3n) is 4.41. The molecular weight excluding hydrogens is 330 g/mol. The third-order valence-corrected chi connectivity index (χ3v) is 4.41. The highest BCUT2D eigenvalue weighted by atomic mass is 16.1. The summed E-state index contributed by atoms with van der Waals surface area (Å²) < 4.78 is 3.42. The molecule has 3 aromatic rings. The quantitative estimate of drug-likeness (QED) is 0.758. The molecule has 8 nitrogen and oxygen atoms in total. The van der Waals surface area contributed by atoms with E-state index in [9.17, 15) is 4.79 Å². The number of aryl methyl sites for hydroxylation is 4. The molecule has 0 saturated carbocycles. The minimum atomic E-state index is -0.213. The van der Waals surface area contributed by atoms with Crippen molar-refractivity contribution >= 4 is 16.9 Å². The van der Waals surface area contributed by atoms with E-state index in [-0.39, 0.29) is 11.9 Å². The molecule has 3 rings (SSSR count). The first-order valence-electron chi connectivity index (χ1n) is 8.73. The van der Waals surface area contributed by atoms with E-state index in [2.05, 4.69) is 39.3 Å². The average Bonchev–Trinajstić information content (AvgIpc) is 3.09. The summed E-state index contributed by atoms with van der Waals surface area (Å²) in [6.07, 6.45) is 2.28. The first-order valence-corrected chi connectivity index (χ1v) is 8.73. The number of hydrogen-bond donors (Lipinski definition) is 1. The molecule has 0 radical (unpaired) electrons. The van der Waals surface area contributed by atoms with Crippen LogP contribution in [-0.4, -0.2) is 35.4 Å². The molecule has 0 spiro atoms. The van der Waals surface area contributed by atoms with Gasteiger partial charge in [-0.1, -0.05) is 13.8 Å². The van der Waals surface area contributed by atoms with Gasteiger partial charge in [0.05, 0.1) is 22.7 Å². The number of hydrogen-bond acceptors (Lipinski definition) is 5. The van der Waals surface area contributed by atoms with Crippen molar-refractivity contribution < 1.29 is 4.79 Å². The lowest BCUT2D eigenvalue weighted by Gasteiger charge is -2.20. The Hall–Kier alpha value is -2.77. The van der Waals surface area contributed by atoms with Crippen LogP contribution in [0.5, 0.6) is 0 Å². The molecule has 0 aromatic carbocycles. The molecule has 0 aliphatic rings. The molecule has 1 atom stereocenters. The normalized spacial score (nSPS) is 12.7. The number of pyridine rings is 1. The zero-order chi connectivity index (χ0) is 19.0. The first kappa shape index (κ1) is 18.0. The van der Waals surface area contributed by atoms with Gasteiger partial charge in [-0.3, -0.25) is 14.2 Å². The van der Waals surface area contributed by atoms with Gasteiger partial charge in [-0.15, -0.1) is 0 Å². The fourth-order valence-electron chi connectivity index (χ4n) is 3.31. The standard InChI is InChI=1S/C18H25N7O/c1-10(2)7-14(16-19-9-20-24(16)5)22-18(26)13-8-11(3)21-17-15(13)12(4)23-25(17)6/h8-10,14H,7H2,1-6H3,(H,22,26)/t14-/m0/s1. The second-order valence-electron chi connectivity index (χ2n) is 7.12. The summed E-state index contributed by atoms with van der Waals surface area (Å²) >= 11 is 0. The van der Waals surface area contributed by atoms with E-state index >= 15 is 0 Å². The van der Waals surface area contributed by atoms with Gasteiger partial charge in [0.1, 0.15) is 12.2 Å². The van der Waals surface area contributed by atoms with Crippen molar-refractivity contribution in [3.05, 3.63) is 35.2 Å². The van der Waals surface area contributed by atoms with Crippen molar-refractivity contribution in [2.75, 3.05) is 0 Å². The second-order valence-corrected chi connectivity index (χ2v) is 7.12. The molecule has 0 fully saturated rings. The summed E-state index contributed by atoms with van der Waals surface area (Å²) in [5, 5.41) is 12.5. The predicted molar refractivity (Wildman–Crippen MR) is 98.6 cm³/mol. The maximum Gasteiger partial charge on any atom is 0.252 e. The van der Waals surface area contributed by atoms with Crippen LogP contribution in [-0.2, 0) is 14.1 Å². The van der Waals surface area contributed by atoms with Crippen LogP contribution >= 0.6 is 0 Å². The Balaban J connectivity index is 2.00. The number of carbonyl (C=O) groups is 1. The summed E-state index contributed by atoms with van der Waals surface area (Å²) in [6, 6.07) is 1.60. The lowest BCUT2D eigenvalue weighted by molar-refractivity contribution is 0.0930. The molecule has 0 bridgehead atoms. The minimum Gasteiger partial charge on any atom is -0.342 e. The van der Waals surface area contributed by atoms with E-state index in [0.717, 1.165) is 29.0 Å². The largest absolute Gasteiger partial charge is 0.342 e. The monoisotopic (exact) mass is 355 g/mol. The fraction of sp³-hybridized carbons (Fsp3) is 0.500. The van der Waals surface area contributed by atoms with Gasteiger partial charge in [-0.2, -0.15) is 10.2 Å². The van der Waals surface area contributed by atoms with E-state index < -0.39 is 0 Å². The molecule has 3 aromatic heterocycles. The van der Waals surface area contributed by atoms with Gasteiger partial charge >= 0.3 is 0 Å². The summed E-state index contributed by atoms with van der Waals surface area (Å²) in [6.45, 7) is 8.02. The van der Waals surface area contributed by atoms with Gasteiger partial charge in [0, 0.05) is 19.8 Å². The molecule has 1 N–H and O–H groups in total. The van der Waals surface area contributed by atoms with Crippen LogP contribution in [0.3, 0.4) is 0 Å². The smallest absolute Gasteiger partial charge is 0.252 e. The van der Waals surface area contributed by atoms with Crippen LogP contribution in [0.25, 0.3) is 11.0 Å². The molecule has 0 unspecified atom stereocenters. The Kier molecular flexibility index (Phi) is 4.76. The SMILES string of the molecule is Cc1cc(C(=O)N[C@@H](CC(C)C)c2ncnn2C)c2c(C)nn(C)c2n1. The molecule has 138 valence electrons. The van der Waals surface area contributed by atoms with Crippen LogP contribution in [0.2, 0.25) is 0 Å². The number of nitrogens with one attached hydrogen (secondary N) is 1. The molecule has 8 heteroatoms. The number of amides is 1. The van der Waals surface area contributed by atoms with Crippen LogP contribution in [0.4, 0.5) is 0 Å². The number of aromatic nitrogens is 6. The molecule has 0 saturated heterocycles. The molecule has 0 aliphatic heterocycles. The molecule has 3 heterocycles. The van der Waals surface area contributed by atoms with Gasteiger partial charge < -0.3 is 5.32 Å². The van der Waals surface area contributed by atoms with Crippen molar-refractivity contribution in [2.24, 2.45) is 20.0 Å². The highest BCUT2D eigenvalue weighted by Gasteiger charge is 2.24. The average molecular weight is 355 g/mol. The number of carbonyl (C=O) groups excluding carboxylic acids is 1. The number of fused-ring (bicyclic) bond motifs is 1. The van der Waals surface area contributed by atoms with E-state index in [4.69, 9.17) is 0 Å². The summed E-state index contributed by atoms with van der Waals surface area (Å²) in [5.41, 5.74) is 2.88. The molecule has 0 aliphatic carbocycles. The minimum absolute atomic E-state index is 0.148. The zero-order valence-electron chi connectivity index (χ0n) is 16.1. The Morgan fingerprint density at radius 1 is 1.23 bits per heavy atom. The lowest BCUT2D eigenvalue weighted by Crippen LogP contribution is -2.31. The van der Waals surface area contributed by atoms with Crippen molar-refractivity contribution in [1.29, 1.82) is 0 Å². The van der Waals surface area contributed by atoms with Gasteiger partial charge in [-0.25, -0.2) is 9.97 Å². The van der Waals surface area contributed by atoms with Gasteiger partial charge in [0.2, 0.25) is 0 Å². The third kappa shape index (κ3) is 3.31. The number of rotatable bonds is 5. The van der Waals surface area contributed by atoms with Gasteiger partial charge in [0.25, 0.3) is 5.91 Å². The zero-order valence-corrected chi connectivity index (χ0v) is 16.1. The Morgan fingerprint density at radius 3 is 2.58 bits per heavy atom. The second kappa shape index (κ2) is 6.86.